The number of fused-ring (bicyclic) bond motifs is 1. The second-order valence-electron chi connectivity index (χ2n) is 10.8. The Labute approximate surface area is 260 Å². The fourth-order valence-electron chi connectivity index (χ4n) is 5.28. The number of nitriles is 1. The third-order valence-corrected chi connectivity index (χ3v) is 8.25. The number of nitrogens with one attached hydrogen (secondary N) is 1. The Morgan fingerprint density at radius 2 is 1.84 bits per heavy atom. The van der Waals surface area contributed by atoms with Gasteiger partial charge in [0.05, 0.1) is 46.9 Å². The first-order valence-electron chi connectivity index (χ1n) is 14.0. The van der Waals surface area contributed by atoms with E-state index in [2.05, 4.69) is 40.3 Å². The van der Waals surface area contributed by atoms with E-state index < -0.39 is 5.82 Å². The molecular formula is C32H32Cl2FN5O3. The van der Waals surface area contributed by atoms with Crippen molar-refractivity contribution in [3.05, 3.63) is 75.9 Å². The van der Waals surface area contributed by atoms with Crippen LogP contribution in [0.15, 0.2) is 48.7 Å². The van der Waals surface area contributed by atoms with Crippen molar-refractivity contribution < 1.29 is 18.6 Å². The van der Waals surface area contributed by atoms with E-state index in [0.29, 0.717) is 57.5 Å². The maximum Gasteiger partial charge on any atom is 0.167 e. The zero-order valence-corrected chi connectivity index (χ0v) is 25.7. The molecule has 4 aromatic rings. The molecule has 11 heteroatoms. The van der Waals surface area contributed by atoms with Gasteiger partial charge in [0.25, 0.3) is 0 Å². The molecule has 2 aromatic carbocycles. The summed E-state index contributed by atoms with van der Waals surface area (Å²) < 4.78 is 32.6. The van der Waals surface area contributed by atoms with Gasteiger partial charge in [-0.05, 0) is 63.9 Å². The number of pyridine rings is 2. The Morgan fingerprint density at radius 3 is 2.53 bits per heavy atom. The molecule has 1 aliphatic carbocycles. The number of rotatable bonds is 10. The third kappa shape index (κ3) is 7.21. The van der Waals surface area contributed by atoms with Crippen LogP contribution in [0.3, 0.4) is 0 Å². The summed E-state index contributed by atoms with van der Waals surface area (Å²) in [4.78, 5) is 10.9. The number of methoxy groups -OCH3 is 1. The SMILES string of the molecule is COc1cc2c(Nc3cc(F)c(OCc4cccc(Cl)n4)cc3Cl)c(C#N)cnc2cc1OCC1CCC(N(C)C)CC1. The Bertz CT molecular complexity index is 1650. The first kappa shape index (κ1) is 30.6. The van der Waals surface area contributed by atoms with Crippen molar-refractivity contribution in [3.63, 3.8) is 0 Å². The number of ether oxygens (including phenoxy) is 3. The van der Waals surface area contributed by atoms with E-state index >= 15 is 4.39 Å². The second-order valence-corrected chi connectivity index (χ2v) is 11.6. The van der Waals surface area contributed by atoms with E-state index in [4.69, 9.17) is 37.4 Å². The van der Waals surface area contributed by atoms with Crippen molar-refractivity contribution in [3.8, 4) is 23.3 Å². The van der Waals surface area contributed by atoms with Crippen LogP contribution in [0.1, 0.15) is 36.9 Å². The van der Waals surface area contributed by atoms with Gasteiger partial charge in [-0.2, -0.15) is 5.26 Å². The highest BCUT2D eigenvalue weighted by molar-refractivity contribution is 6.33. The maximum atomic E-state index is 15.1. The fraction of sp³-hybridized carbons (Fsp3) is 0.344. The molecule has 0 amide bonds. The van der Waals surface area contributed by atoms with Crippen LogP contribution in [0.5, 0.6) is 17.2 Å². The minimum absolute atomic E-state index is 0.00963. The molecule has 0 bridgehead atoms. The van der Waals surface area contributed by atoms with Crippen LogP contribution in [0.4, 0.5) is 15.8 Å². The lowest BCUT2D eigenvalue weighted by Crippen LogP contribution is -2.33. The summed E-state index contributed by atoms with van der Waals surface area (Å²) >= 11 is 12.5. The predicted octanol–water partition coefficient (Wildman–Crippen LogP) is 7.78. The topological polar surface area (TPSA) is 92.5 Å². The molecule has 43 heavy (non-hydrogen) atoms. The number of hydrogen-bond donors (Lipinski definition) is 1. The first-order chi connectivity index (χ1) is 20.7. The van der Waals surface area contributed by atoms with Gasteiger partial charge in [-0.1, -0.05) is 29.3 Å². The van der Waals surface area contributed by atoms with Crippen molar-refractivity contribution in [2.45, 2.75) is 38.3 Å². The lowest BCUT2D eigenvalue weighted by atomic mass is 9.86. The molecule has 5 rings (SSSR count). The zero-order chi connectivity index (χ0) is 30.5. The molecule has 0 radical (unpaired) electrons. The minimum Gasteiger partial charge on any atom is -0.493 e. The number of hydrogen-bond acceptors (Lipinski definition) is 8. The van der Waals surface area contributed by atoms with Crippen molar-refractivity contribution in [1.82, 2.24) is 14.9 Å². The highest BCUT2D eigenvalue weighted by Crippen LogP contribution is 2.40. The van der Waals surface area contributed by atoms with Crippen molar-refractivity contribution >= 4 is 45.5 Å². The molecule has 2 heterocycles. The molecule has 224 valence electrons. The van der Waals surface area contributed by atoms with E-state index in [0.717, 1.165) is 25.7 Å². The largest absolute Gasteiger partial charge is 0.493 e. The molecule has 1 saturated carbocycles. The molecule has 8 nitrogen and oxygen atoms in total. The quantitative estimate of drug-likeness (QED) is 0.179. The molecule has 0 unspecified atom stereocenters. The summed E-state index contributed by atoms with van der Waals surface area (Å²) in [7, 11) is 5.82. The zero-order valence-electron chi connectivity index (χ0n) is 24.2. The van der Waals surface area contributed by atoms with Crippen LogP contribution in [0.25, 0.3) is 10.9 Å². The first-order valence-corrected chi connectivity index (χ1v) is 14.7. The molecule has 1 N–H and O–H groups in total. The monoisotopic (exact) mass is 623 g/mol. The Morgan fingerprint density at radius 1 is 1.05 bits per heavy atom. The van der Waals surface area contributed by atoms with Crippen LogP contribution < -0.4 is 19.5 Å². The van der Waals surface area contributed by atoms with Crippen LogP contribution >= 0.6 is 23.2 Å². The van der Waals surface area contributed by atoms with Gasteiger partial charge in [-0.25, -0.2) is 9.37 Å². The van der Waals surface area contributed by atoms with Crippen molar-refractivity contribution in [2.24, 2.45) is 5.92 Å². The molecule has 0 saturated heterocycles. The lowest BCUT2D eigenvalue weighted by Gasteiger charge is -2.32. The average molecular weight is 625 g/mol. The normalized spacial score (nSPS) is 16.6. The van der Waals surface area contributed by atoms with Crippen LogP contribution in [0.2, 0.25) is 10.2 Å². The second kappa shape index (κ2) is 13.6. The number of anilines is 2. The number of nitrogens with zero attached hydrogens (tertiary/aromatic N) is 4. The molecule has 0 atom stereocenters. The molecular weight excluding hydrogens is 592 g/mol. The van der Waals surface area contributed by atoms with E-state index in [9.17, 15) is 5.26 Å². The summed E-state index contributed by atoms with van der Waals surface area (Å²) in [6.45, 7) is 0.593. The van der Waals surface area contributed by atoms with Gasteiger partial charge < -0.3 is 24.4 Å². The highest BCUT2D eigenvalue weighted by atomic mass is 35.5. The van der Waals surface area contributed by atoms with E-state index in [1.54, 1.807) is 37.4 Å². The van der Waals surface area contributed by atoms with Crippen molar-refractivity contribution in [1.29, 1.82) is 5.26 Å². The van der Waals surface area contributed by atoms with Gasteiger partial charge in [-0.3, -0.25) is 4.98 Å². The van der Waals surface area contributed by atoms with Crippen molar-refractivity contribution in [2.75, 3.05) is 33.1 Å². The summed E-state index contributed by atoms with van der Waals surface area (Å²) in [5.41, 5.74) is 2.05. The average Bonchev–Trinajstić information content (AvgIpc) is 3.00. The van der Waals surface area contributed by atoms with Crippen LogP contribution in [0, 0.1) is 23.1 Å². The summed E-state index contributed by atoms with van der Waals surface area (Å²) in [6, 6.07) is 14.0. The van der Waals surface area contributed by atoms with Gasteiger partial charge in [0.2, 0.25) is 0 Å². The Balaban J connectivity index is 1.37. The Kier molecular flexibility index (Phi) is 9.71. The summed E-state index contributed by atoms with van der Waals surface area (Å²) in [5.74, 6) is 0.862. The highest BCUT2D eigenvalue weighted by Gasteiger charge is 2.24. The van der Waals surface area contributed by atoms with Crippen LogP contribution in [-0.2, 0) is 6.61 Å². The molecule has 1 fully saturated rings. The smallest absolute Gasteiger partial charge is 0.167 e. The van der Waals surface area contributed by atoms with E-state index in [1.807, 2.05) is 0 Å². The van der Waals surface area contributed by atoms with Crippen LogP contribution in [-0.4, -0.2) is 48.7 Å². The van der Waals surface area contributed by atoms with E-state index in [-0.39, 0.29) is 28.6 Å². The molecule has 0 spiro atoms. The molecule has 1 aliphatic rings. The van der Waals surface area contributed by atoms with E-state index in [1.165, 1.54) is 18.3 Å². The van der Waals surface area contributed by atoms with Gasteiger partial charge >= 0.3 is 0 Å². The lowest BCUT2D eigenvalue weighted by molar-refractivity contribution is 0.150. The maximum absolute atomic E-state index is 15.1. The third-order valence-electron chi connectivity index (χ3n) is 7.72. The van der Waals surface area contributed by atoms with Gasteiger partial charge in [0.1, 0.15) is 17.8 Å². The number of benzene rings is 2. The molecule has 2 aromatic heterocycles. The van der Waals surface area contributed by atoms with Gasteiger partial charge in [-0.15, -0.1) is 0 Å². The van der Waals surface area contributed by atoms with Gasteiger partial charge in [0.15, 0.2) is 23.1 Å². The summed E-state index contributed by atoms with van der Waals surface area (Å²) in [5, 5.41) is 14.1. The standard InChI is InChI=1S/C32H32Cl2FN5O3/c1-40(2)22-9-7-19(8-10-22)17-42-30-14-26-23(11-29(30)41-3)32(20(15-36)16-37-26)39-27-13-25(35)28(12-24(27)33)43-18-21-5-4-6-31(34)38-21/h4-6,11-14,16,19,22H,7-10,17-18H2,1-3H3,(H,37,39). The minimum atomic E-state index is -0.640. The van der Waals surface area contributed by atoms with Gasteiger partial charge in [0, 0.05) is 35.8 Å². The summed E-state index contributed by atoms with van der Waals surface area (Å²) in [6.07, 6.45) is 5.98. The fourth-order valence-corrected chi connectivity index (χ4v) is 5.66. The predicted molar refractivity (Wildman–Crippen MR) is 166 cm³/mol. The number of halogens is 3. The molecule has 0 aliphatic heterocycles. The Hall–Kier alpha value is -3.84. The number of aromatic nitrogens is 2.